The Morgan fingerprint density at radius 2 is 2.36 bits per heavy atom. The quantitative estimate of drug-likeness (QED) is 0.769. The number of hydrogen-bond acceptors (Lipinski definition) is 3. The number of aromatic amines is 1. The molecule has 0 aliphatic carbocycles. The first kappa shape index (κ1) is 8.93. The highest BCUT2D eigenvalue weighted by Crippen LogP contribution is 2.15. The number of H-pyrrole nitrogens is 1. The lowest BCUT2D eigenvalue weighted by Crippen LogP contribution is -2.10. The second-order valence-electron chi connectivity index (χ2n) is 3.35. The minimum absolute atomic E-state index is 0.199. The summed E-state index contributed by atoms with van der Waals surface area (Å²) in [4.78, 5) is 13.9. The van der Waals surface area contributed by atoms with Gasteiger partial charge in [0.15, 0.2) is 0 Å². The van der Waals surface area contributed by atoms with E-state index in [1.165, 1.54) is 0 Å². The van der Waals surface area contributed by atoms with Crippen LogP contribution in [0.3, 0.4) is 0 Å². The average molecular weight is 192 g/mol. The fourth-order valence-corrected chi connectivity index (χ4v) is 1.38. The zero-order valence-corrected chi connectivity index (χ0v) is 8.19. The molecule has 2 heterocycles. The standard InChI is InChI=1S/C9H12N4O/c1-3-6(2)7-11-12-8-9(14)10-4-5-13(7)8/h4-6H,3H2,1-2H3,(H,10,14). The lowest BCUT2D eigenvalue weighted by atomic mass is 10.1. The highest BCUT2D eigenvalue weighted by molar-refractivity contribution is 5.34. The van der Waals surface area contributed by atoms with Crippen LogP contribution in [0.15, 0.2) is 17.2 Å². The van der Waals surface area contributed by atoms with Crippen LogP contribution in [0.2, 0.25) is 0 Å². The molecule has 0 spiro atoms. The predicted molar refractivity (Wildman–Crippen MR) is 52.3 cm³/mol. The van der Waals surface area contributed by atoms with E-state index in [9.17, 15) is 4.79 Å². The fraction of sp³-hybridized carbons (Fsp3) is 0.444. The summed E-state index contributed by atoms with van der Waals surface area (Å²) in [7, 11) is 0. The van der Waals surface area contributed by atoms with Gasteiger partial charge in [0, 0.05) is 18.3 Å². The first-order valence-electron chi connectivity index (χ1n) is 4.66. The van der Waals surface area contributed by atoms with Gasteiger partial charge in [-0.3, -0.25) is 9.20 Å². The van der Waals surface area contributed by atoms with Gasteiger partial charge >= 0.3 is 0 Å². The summed E-state index contributed by atoms with van der Waals surface area (Å²) < 4.78 is 1.74. The second kappa shape index (κ2) is 3.25. The summed E-state index contributed by atoms with van der Waals surface area (Å²) in [6.45, 7) is 4.15. The van der Waals surface area contributed by atoms with Crippen molar-refractivity contribution in [2.75, 3.05) is 0 Å². The summed E-state index contributed by atoms with van der Waals surface area (Å²) >= 11 is 0. The minimum atomic E-state index is -0.199. The van der Waals surface area contributed by atoms with Gasteiger partial charge in [-0.15, -0.1) is 10.2 Å². The van der Waals surface area contributed by atoms with Crippen LogP contribution in [-0.2, 0) is 0 Å². The first-order valence-corrected chi connectivity index (χ1v) is 4.66. The summed E-state index contributed by atoms with van der Waals surface area (Å²) in [6.07, 6.45) is 4.36. The molecule has 1 unspecified atom stereocenters. The van der Waals surface area contributed by atoms with Crippen LogP contribution in [0.4, 0.5) is 0 Å². The van der Waals surface area contributed by atoms with E-state index in [0.717, 1.165) is 12.2 Å². The van der Waals surface area contributed by atoms with Crippen molar-refractivity contribution in [3.8, 4) is 0 Å². The Balaban J connectivity index is 2.70. The second-order valence-corrected chi connectivity index (χ2v) is 3.35. The molecule has 14 heavy (non-hydrogen) atoms. The SMILES string of the molecule is CCC(C)c1nnc2c(=O)[nH]ccn12. The maximum Gasteiger partial charge on any atom is 0.293 e. The Bertz CT molecular complexity index is 499. The molecule has 0 bridgehead atoms. The van der Waals surface area contributed by atoms with Crippen molar-refractivity contribution in [3.05, 3.63) is 28.6 Å². The van der Waals surface area contributed by atoms with Crippen LogP contribution in [0.1, 0.15) is 32.0 Å². The normalized spacial score (nSPS) is 13.3. The predicted octanol–water partition coefficient (Wildman–Crippen LogP) is 0.931. The molecule has 0 amide bonds. The topological polar surface area (TPSA) is 63.0 Å². The Labute approximate surface area is 80.8 Å². The van der Waals surface area contributed by atoms with Crippen molar-refractivity contribution in [2.24, 2.45) is 0 Å². The molecule has 0 radical (unpaired) electrons. The summed E-state index contributed by atoms with van der Waals surface area (Å²) in [6, 6.07) is 0. The Morgan fingerprint density at radius 1 is 1.57 bits per heavy atom. The molecule has 2 rings (SSSR count). The molecule has 1 atom stereocenters. The van der Waals surface area contributed by atoms with Crippen LogP contribution in [0.5, 0.6) is 0 Å². The molecule has 5 heteroatoms. The van der Waals surface area contributed by atoms with Crippen molar-refractivity contribution < 1.29 is 0 Å². The highest BCUT2D eigenvalue weighted by atomic mass is 16.1. The van der Waals surface area contributed by atoms with Gasteiger partial charge in [0.2, 0.25) is 5.65 Å². The Morgan fingerprint density at radius 3 is 3.07 bits per heavy atom. The monoisotopic (exact) mass is 192 g/mol. The molecule has 0 aromatic carbocycles. The van der Waals surface area contributed by atoms with Crippen LogP contribution >= 0.6 is 0 Å². The van der Waals surface area contributed by atoms with Gasteiger partial charge in [0.25, 0.3) is 5.56 Å². The number of nitrogens with one attached hydrogen (secondary N) is 1. The van der Waals surface area contributed by atoms with Crippen molar-refractivity contribution >= 4 is 5.65 Å². The van der Waals surface area contributed by atoms with E-state index < -0.39 is 0 Å². The molecule has 0 saturated heterocycles. The van der Waals surface area contributed by atoms with Crippen LogP contribution in [0.25, 0.3) is 5.65 Å². The third-order valence-corrected chi connectivity index (χ3v) is 2.42. The molecular weight excluding hydrogens is 180 g/mol. The van der Waals surface area contributed by atoms with Crippen molar-refractivity contribution in [2.45, 2.75) is 26.2 Å². The van der Waals surface area contributed by atoms with Crippen LogP contribution < -0.4 is 5.56 Å². The number of nitrogens with zero attached hydrogens (tertiary/aromatic N) is 3. The summed E-state index contributed by atoms with van der Waals surface area (Å²) in [5.74, 6) is 1.15. The number of aromatic nitrogens is 4. The maximum absolute atomic E-state index is 11.3. The van der Waals surface area contributed by atoms with E-state index in [1.54, 1.807) is 16.8 Å². The molecule has 1 N–H and O–H groups in total. The van der Waals surface area contributed by atoms with Gasteiger partial charge in [-0.25, -0.2) is 0 Å². The molecule has 0 aliphatic rings. The van der Waals surface area contributed by atoms with Gasteiger partial charge in [-0.1, -0.05) is 13.8 Å². The minimum Gasteiger partial charge on any atom is -0.324 e. The van der Waals surface area contributed by atoms with Gasteiger partial charge in [0.1, 0.15) is 5.82 Å². The lowest BCUT2D eigenvalue weighted by molar-refractivity contribution is 0.668. The summed E-state index contributed by atoms with van der Waals surface area (Å²) in [5.41, 5.74) is 0.164. The van der Waals surface area contributed by atoms with Crippen LogP contribution in [-0.4, -0.2) is 19.6 Å². The van der Waals surface area contributed by atoms with E-state index >= 15 is 0 Å². The molecular formula is C9H12N4O. The van der Waals surface area contributed by atoms with E-state index in [0.29, 0.717) is 11.6 Å². The zero-order valence-electron chi connectivity index (χ0n) is 8.19. The largest absolute Gasteiger partial charge is 0.324 e. The third kappa shape index (κ3) is 1.21. The Kier molecular flexibility index (Phi) is 2.07. The van der Waals surface area contributed by atoms with Gasteiger partial charge in [-0.05, 0) is 6.42 Å². The molecule has 2 aromatic heterocycles. The third-order valence-electron chi connectivity index (χ3n) is 2.42. The van der Waals surface area contributed by atoms with Crippen molar-refractivity contribution in [3.63, 3.8) is 0 Å². The van der Waals surface area contributed by atoms with Gasteiger partial charge < -0.3 is 4.98 Å². The van der Waals surface area contributed by atoms with Crippen molar-refractivity contribution in [1.82, 2.24) is 19.6 Å². The molecule has 0 saturated carbocycles. The molecule has 74 valence electrons. The molecule has 2 aromatic rings. The van der Waals surface area contributed by atoms with E-state index in [4.69, 9.17) is 0 Å². The maximum atomic E-state index is 11.3. The number of rotatable bonds is 2. The fourth-order valence-electron chi connectivity index (χ4n) is 1.38. The number of fused-ring (bicyclic) bond motifs is 1. The zero-order chi connectivity index (χ0) is 10.1. The van der Waals surface area contributed by atoms with E-state index in [-0.39, 0.29) is 5.56 Å². The summed E-state index contributed by atoms with van der Waals surface area (Å²) in [5, 5.41) is 7.88. The Hall–Kier alpha value is -1.65. The molecule has 0 fully saturated rings. The highest BCUT2D eigenvalue weighted by Gasteiger charge is 2.12. The van der Waals surface area contributed by atoms with E-state index in [2.05, 4.69) is 29.0 Å². The molecule has 5 nitrogen and oxygen atoms in total. The smallest absolute Gasteiger partial charge is 0.293 e. The molecule has 0 aliphatic heterocycles. The average Bonchev–Trinajstić information content (AvgIpc) is 2.62. The number of hydrogen-bond donors (Lipinski definition) is 1. The van der Waals surface area contributed by atoms with Gasteiger partial charge in [-0.2, -0.15) is 0 Å². The van der Waals surface area contributed by atoms with Gasteiger partial charge in [0.05, 0.1) is 0 Å². The van der Waals surface area contributed by atoms with Crippen molar-refractivity contribution in [1.29, 1.82) is 0 Å². The van der Waals surface area contributed by atoms with Crippen LogP contribution in [0, 0.1) is 0 Å². The first-order chi connectivity index (χ1) is 6.74. The lowest BCUT2D eigenvalue weighted by Gasteiger charge is -2.04. The van der Waals surface area contributed by atoms with E-state index in [1.807, 2.05) is 0 Å².